The molecular weight excluding hydrogens is 354 g/mol. The van der Waals surface area contributed by atoms with E-state index in [1.807, 2.05) is 18.2 Å². The average molecular weight is 376 g/mol. The lowest BCUT2D eigenvalue weighted by atomic mass is 10.1. The molecule has 0 spiro atoms. The maximum absolute atomic E-state index is 11.5. The van der Waals surface area contributed by atoms with Gasteiger partial charge in [-0.1, -0.05) is 22.9 Å². The second kappa shape index (κ2) is 7.11. The van der Waals surface area contributed by atoms with E-state index in [0.717, 1.165) is 28.8 Å². The zero-order chi connectivity index (χ0) is 15.5. The lowest BCUT2D eigenvalue weighted by Gasteiger charge is -2.21. The van der Waals surface area contributed by atoms with E-state index in [1.54, 1.807) is 0 Å². The molecule has 1 aromatic carbocycles. The van der Waals surface area contributed by atoms with Gasteiger partial charge in [-0.2, -0.15) is 0 Å². The third kappa shape index (κ3) is 4.69. The first kappa shape index (κ1) is 16.8. The standard InChI is InChI=1S/C15H22BrNO3S/c1-3-7-17-11(2)14-9-12(16)4-5-15(14)20-13-6-8-21(18,19)10-13/h4-5,9,11,13,17H,3,6-8,10H2,1-2H3. The van der Waals surface area contributed by atoms with Gasteiger partial charge in [0.25, 0.3) is 0 Å². The quantitative estimate of drug-likeness (QED) is 0.829. The summed E-state index contributed by atoms with van der Waals surface area (Å²) in [5.41, 5.74) is 1.06. The van der Waals surface area contributed by atoms with Gasteiger partial charge in [-0.05, 0) is 44.5 Å². The highest BCUT2D eigenvalue weighted by Gasteiger charge is 2.30. The molecule has 0 aromatic heterocycles. The second-order valence-electron chi connectivity index (χ2n) is 5.50. The topological polar surface area (TPSA) is 55.4 Å². The first-order valence-electron chi connectivity index (χ1n) is 7.31. The van der Waals surface area contributed by atoms with Crippen LogP contribution in [-0.4, -0.2) is 32.6 Å². The van der Waals surface area contributed by atoms with Crippen molar-refractivity contribution < 1.29 is 13.2 Å². The first-order chi connectivity index (χ1) is 9.91. The zero-order valence-corrected chi connectivity index (χ0v) is 14.8. The number of hydrogen-bond acceptors (Lipinski definition) is 4. The Labute approximate surface area is 135 Å². The van der Waals surface area contributed by atoms with Crippen molar-refractivity contribution in [3.63, 3.8) is 0 Å². The number of rotatable bonds is 6. The summed E-state index contributed by atoms with van der Waals surface area (Å²) in [6.45, 7) is 5.15. The summed E-state index contributed by atoms with van der Waals surface area (Å²) in [6.07, 6.45) is 1.41. The van der Waals surface area contributed by atoms with Crippen molar-refractivity contribution in [3.05, 3.63) is 28.2 Å². The normalized spacial score (nSPS) is 22.1. The summed E-state index contributed by atoms with van der Waals surface area (Å²) in [4.78, 5) is 0. The first-order valence-corrected chi connectivity index (χ1v) is 9.92. The van der Waals surface area contributed by atoms with E-state index in [9.17, 15) is 8.42 Å². The number of benzene rings is 1. The second-order valence-corrected chi connectivity index (χ2v) is 8.65. The summed E-state index contributed by atoms with van der Waals surface area (Å²) in [6, 6.07) is 6.03. The van der Waals surface area contributed by atoms with Gasteiger partial charge in [0.05, 0.1) is 11.5 Å². The molecule has 0 aliphatic carbocycles. The molecule has 0 amide bonds. The van der Waals surface area contributed by atoms with Gasteiger partial charge in [0, 0.05) is 16.1 Å². The van der Waals surface area contributed by atoms with Gasteiger partial charge in [0.2, 0.25) is 0 Å². The maximum Gasteiger partial charge on any atom is 0.154 e. The molecule has 1 N–H and O–H groups in total. The highest BCUT2D eigenvalue weighted by Crippen LogP contribution is 2.31. The van der Waals surface area contributed by atoms with Gasteiger partial charge in [-0.3, -0.25) is 0 Å². The minimum Gasteiger partial charge on any atom is -0.489 e. The Bertz CT molecular complexity index is 589. The Morgan fingerprint density at radius 2 is 2.24 bits per heavy atom. The van der Waals surface area contributed by atoms with Crippen LogP contribution in [0.4, 0.5) is 0 Å². The molecule has 1 heterocycles. The van der Waals surface area contributed by atoms with Crippen LogP contribution < -0.4 is 10.1 Å². The van der Waals surface area contributed by atoms with E-state index in [0.29, 0.717) is 6.42 Å². The van der Waals surface area contributed by atoms with E-state index in [1.165, 1.54) is 0 Å². The van der Waals surface area contributed by atoms with Crippen LogP contribution in [0.25, 0.3) is 0 Å². The number of sulfone groups is 1. The maximum atomic E-state index is 11.5. The zero-order valence-electron chi connectivity index (χ0n) is 12.4. The largest absolute Gasteiger partial charge is 0.489 e. The Hall–Kier alpha value is -0.590. The van der Waals surface area contributed by atoms with E-state index in [4.69, 9.17) is 4.74 Å². The monoisotopic (exact) mass is 375 g/mol. The smallest absolute Gasteiger partial charge is 0.154 e. The molecule has 21 heavy (non-hydrogen) atoms. The molecule has 2 rings (SSSR count). The minimum absolute atomic E-state index is 0.124. The lowest BCUT2D eigenvalue weighted by Crippen LogP contribution is -2.22. The number of halogens is 1. The molecule has 0 radical (unpaired) electrons. The molecule has 1 aromatic rings. The summed E-state index contributed by atoms with van der Waals surface area (Å²) >= 11 is 3.48. The van der Waals surface area contributed by atoms with Crippen molar-refractivity contribution in [2.45, 2.75) is 38.8 Å². The predicted octanol–water partition coefficient (Wildman–Crippen LogP) is 3.08. The van der Waals surface area contributed by atoms with Crippen LogP contribution in [0.3, 0.4) is 0 Å². The van der Waals surface area contributed by atoms with E-state index in [2.05, 4.69) is 35.1 Å². The van der Waals surface area contributed by atoms with Crippen molar-refractivity contribution in [3.8, 4) is 5.75 Å². The lowest BCUT2D eigenvalue weighted by molar-refractivity contribution is 0.225. The summed E-state index contributed by atoms with van der Waals surface area (Å²) in [5, 5.41) is 3.44. The van der Waals surface area contributed by atoms with Gasteiger partial charge in [0.1, 0.15) is 11.9 Å². The Kier molecular flexibility index (Phi) is 5.68. The van der Waals surface area contributed by atoms with Gasteiger partial charge in [-0.15, -0.1) is 0 Å². The number of nitrogens with one attached hydrogen (secondary N) is 1. The average Bonchev–Trinajstić information content (AvgIpc) is 2.77. The van der Waals surface area contributed by atoms with Crippen molar-refractivity contribution in [1.82, 2.24) is 5.32 Å². The molecule has 1 aliphatic rings. The van der Waals surface area contributed by atoms with Gasteiger partial charge in [0.15, 0.2) is 9.84 Å². The van der Waals surface area contributed by atoms with Gasteiger partial charge < -0.3 is 10.1 Å². The van der Waals surface area contributed by atoms with Crippen molar-refractivity contribution >= 4 is 25.8 Å². The van der Waals surface area contributed by atoms with Crippen LogP contribution in [0.2, 0.25) is 0 Å². The van der Waals surface area contributed by atoms with E-state index >= 15 is 0 Å². The molecule has 6 heteroatoms. The molecular formula is C15H22BrNO3S. The predicted molar refractivity (Wildman–Crippen MR) is 88.5 cm³/mol. The third-order valence-electron chi connectivity index (χ3n) is 3.62. The van der Waals surface area contributed by atoms with Gasteiger partial charge in [-0.25, -0.2) is 8.42 Å². The van der Waals surface area contributed by atoms with Crippen molar-refractivity contribution in [2.24, 2.45) is 0 Å². The van der Waals surface area contributed by atoms with Crippen molar-refractivity contribution in [2.75, 3.05) is 18.1 Å². The fourth-order valence-electron chi connectivity index (χ4n) is 2.47. The van der Waals surface area contributed by atoms with E-state index in [-0.39, 0.29) is 23.7 Å². The van der Waals surface area contributed by atoms with Gasteiger partial charge >= 0.3 is 0 Å². The van der Waals surface area contributed by atoms with E-state index < -0.39 is 9.84 Å². The van der Waals surface area contributed by atoms with Crippen LogP contribution >= 0.6 is 15.9 Å². The van der Waals surface area contributed by atoms with Crippen LogP contribution in [0.15, 0.2) is 22.7 Å². The number of ether oxygens (including phenoxy) is 1. The van der Waals surface area contributed by atoms with Crippen LogP contribution in [0.1, 0.15) is 38.3 Å². The molecule has 1 saturated heterocycles. The molecule has 0 bridgehead atoms. The molecule has 1 aliphatic heterocycles. The molecule has 118 valence electrons. The highest BCUT2D eigenvalue weighted by atomic mass is 79.9. The third-order valence-corrected chi connectivity index (χ3v) is 5.85. The summed E-state index contributed by atoms with van der Waals surface area (Å²) in [7, 11) is -2.92. The number of hydrogen-bond donors (Lipinski definition) is 1. The Morgan fingerprint density at radius 3 is 2.86 bits per heavy atom. The Balaban J connectivity index is 2.15. The summed E-state index contributed by atoms with van der Waals surface area (Å²) in [5.74, 6) is 1.13. The molecule has 4 nitrogen and oxygen atoms in total. The highest BCUT2D eigenvalue weighted by molar-refractivity contribution is 9.10. The molecule has 2 unspecified atom stereocenters. The van der Waals surface area contributed by atoms with Crippen LogP contribution in [0.5, 0.6) is 5.75 Å². The SMILES string of the molecule is CCCNC(C)c1cc(Br)ccc1OC1CCS(=O)(=O)C1. The Morgan fingerprint density at radius 1 is 1.48 bits per heavy atom. The minimum atomic E-state index is -2.92. The van der Waals surface area contributed by atoms with Crippen LogP contribution in [0, 0.1) is 0 Å². The fourth-order valence-corrected chi connectivity index (χ4v) is 4.44. The van der Waals surface area contributed by atoms with Crippen LogP contribution in [-0.2, 0) is 9.84 Å². The summed E-state index contributed by atoms with van der Waals surface area (Å²) < 4.78 is 30.0. The molecule has 0 saturated carbocycles. The fraction of sp³-hybridized carbons (Fsp3) is 0.600. The van der Waals surface area contributed by atoms with Crippen molar-refractivity contribution in [1.29, 1.82) is 0 Å². The molecule has 2 atom stereocenters. The molecule has 1 fully saturated rings.